The highest BCUT2D eigenvalue weighted by molar-refractivity contribution is 14.0. The normalized spacial score (nSPS) is 14.0. The summed E-state index contributed by atoms with van der Waals surface area (Å²) in [5.41, 5.74) is 2.26. The van der Waals surface area contributed by atoms with Gasteiger partial charge in [0, 0.05) is 31.2 Å². The van der Waals surface area contributed by atoms with E-state index >= 15 is 0 Å². The minimum atomic E-state index is 0. The molecule has 148 valence electrons. The number of rotatable bonds is 8. The number of aromatic nitrogens is 2. The number of nitrogens with one attached hydrogen (secondary N) is 2. The maximum Gasteiger partial charge on any atom is 0.213 e. The Hall–Kier alpha value is -1.42. The summed E-state index contributed by atoms with van der Waals surface area (Å²) in [7, 11) is 1.77. The summed E-state index contributed by atoms with van der Waals surface area (Å²) in [6, 6.07) is 3.97. The van der Waals surface area contributed by atoms with Crippen LogP contribution in [-0.2, 0) is 13.1 Å². The van der Waals surface area contributed by atoms with E-state index in [1.165, 1.54) is 12.8 Å². The van der Waals surface area contributed by atoms with Crippen molar-refractivity contribution in [2.75, 3.05) is 13.7 Å². The first-order valence-electron chi connectivity index (χ1n) is 9.10. The van der Waals surface area contributed by atoms with E-state index in [2.05, 4.69) is 44.8 Å². The number of hydrogen-bond acceptors (Lipinski definition) is 5. The Morgan fingerprint density at radius 1 is 1.33 bits per heavy atom. The van der Waals surface area contributed by atoms with E-state index in [-0.39, 0.29) is 24.0 Å². The number of halogens is 1. The SMILES string of the molecule is CN=C(NCc1ccnc(OCC2CC2)c1)NCc1nc(C(C)C)cs1.I. The van der Waals surface area contributed by atoms with Crippen molar-refractivity contribution in [3.8, 4) is 5.88 Å². The van der Waals surface area contributed by atoms with Crippen molar-refractivity contribution in [3.63, 3.8) is 0 Å². The summed E-state index contributed by atoms with van der Waals surface area (Å²) >= 11 is 1.68. The Kier molecular flexibility index (Phi) is 8.75. The standard InChI is InChI=1S/C19H27N5OS.HI/c1-13(2)16-12-26-18(24-16)10-23-19(20-3)22-9-15-6-7-21-17(8-15)25-11-14-4-5-14;/h6-8,12-14H,4-5,9-11H2,1-3H3,(H2,20,22,23);1H. The van der Waals surface area contributed by atoms with Crippen LogP contribution in [0.5, 0.6) is 5.88 Å². The number of ether oxygens (including phenoxy) is 1. The van der Waals surface area contributed by atoms with Crippen molar-refractivity contribution in [3.05, 3.63) is 40.0 Å². The third-order valence-corrected chi connectivity index (χ3v) is 5.08. The summed E-state index contributed by atoms with van der Waals surface area (Å²) in [6.45, 7) is 6.42. The lowest BCUT2D eigenvalue weighted by molar-refractivity contribution is 0.288. The smallest absolute Gasteiger partial charge is 0.213 e. The minimum Gasteiger partial charge on any atom is -0.477 e. The largest absolute Gasteiger partial charge is 0.477 e. The quantitative estimate of drug-likeness (QED) is 0.326. The van der Waals surface area contributed by atoms with Gasteiger partial charge in [0.05, 0.1) is 18.8 Å². The van der Waals surface area contributed by atoms with Crippen LogP contribution in [0.15, 0.2) is 28.7 Å². The zero-order valence-electron chi connectivity index (χ0n) is 16.1. The van der Waals surface area contributed by atoms with Crippen LogP contribution >= 0.6 is 35.3 Å². The van der Waals surface area contributed by atoms with Gasteiger partial charge in [-0.25, -0.2) is 9.97 Å². The first kappa shape index (κ1) is 21.9. The van der Waals surface area contributed by atoms with E-state index < -0.39 is 0 Å². The number of nitrogens with zero attached hydrogens (tertiary/aromatic N) is 3. The van der Waals surface area contributed by atoms with Gasteiger partial charge < -0.3 is 15.4 Å². The maximum absolute atomic E-state index is 5.74. The molecule has 6 nitrogen and oxygen atoms in total. The highest BCUT2D eigenvalue weighted by atomic mass is 127. The molecular formula is C19H28IN5OS. The van der Waals surface area contributed by atoms with Crippen LogP contribution in [0, 0.1) is 5.92 Å². The molecule has 3 rings (SSSR count). The van der Waals surface area contributed by atoms with E-state index in [9.17, 15) is 0 Å². The number of guanidine groups is 1. The molecule has 0 unspecified atom stereocenters. The molecule has 0 aromatic carbocycles. The molecule has 1 aliphatic rings. The van der Waals surface area contributed by atoms with Crippen molar-refractivity contribution in [2.45, 2.75) is 45.7 Å². The van der Waals surface area contributed by atoms with Gasteiger partial charge >= 0.3 is 0 Å². The average molecular weight is 501 g/mol. The van der Waals surface area contributed by atoms with Crippen molar-refractivity contribution in [1.29, 1.82) is 0 Å². The summed E-state index contributed by atoms with van der Waals surface area (Å²) in [6.07, 6.45) is 4.35. The van der Waals surface area contributed by atoms with Gasteiger partial charge in [-0.2, -0.15) is 0 Å². The lowest BCUT2D eigenvalue weighted by atomic mass is 10.2. The fraction of sp³-hybridized carbons (Fsp3) is 0.526. The Morgan fingerprint density at radius 2 is 2.11 bits per heavy atom. The van der Waals surface area contributed by atoms with Crippen LogP contribution in [-0.4, -0.2) is 29.6 Å². The molecule has 0 aliphatic heterocycles. The summed E-state index contributed by atoms with van der Waals surface area (Å²) in [5, 5.41) is 9.82. The molecule has 0 radical (unpaired) electrons. The van der Waals surface area contributed by atoms with E-state index in [4.69, 9.17) is 4.74 Å². The van der Waals surface area contributed by atoms with Gasteiger partial charge in [0.1, 0.15) is 5.01 Å². The lowest BCUT2D eigenvalue weighted by Gasteiger charge is -2.11. The summed E-state index contributed by atoms with van der Waals surface area (Å²) in [5.74, 6) is 2.64. The van der Waals surface area contributed by atoms with Gasteiger partial charge in [0.15, 0.2) is 5.96 Å². The van der Waals surface area contributed by atoms with Crippen molar-refractivity contribution in [1.82, 2.24) is 20.6 Å². The van der Waals surface area contributed by atoms with Gasteiger partial charge in [-0.15, -0.1) is 35.3 Å². The molecule has 8 heteroatoms. The second kappa shape index (κ2) is 10.8. The molecule has 27 heavy (non-hydrogen) atoms. The third kappa shape index (κ3) is 7.25. The highest BCUT2D eigenvalue weighted by Gasteiger charge is 2.22. The lowest BCUT2D eigenvalue weighted by Crippen LogP contribution is -2.36. The van der Waals surface area contributed by atoms with Gasteiger partial charge in [-0.05, 0) is 36.3 Å². The van der Waals surface area contributed by atoms with Crippen molar-refractivity contribution in [2.24, 2.45) is 10.9 Å². The first-order chi connectivity index (χ1) is 12.6. The molecule has 1 fully saturated rings. The van der Waals surface area contributed by atoms with Crippen LogP contribution in [0.3, 0.4) is 0 Å². The summed E-state index contributed by atoms with van der Waals surface area (Å²) in [4.78, 5) is 13.2. The Morgan fingerprint density at radius 3 is 2.78 bits per heavy atom. The topological polar surface area (TPSA) is 71.4 Å². The molecule has 2 aromatic rings. The van der Waals surface area contributed by atoms with Crippen LogP contribution < -0.4 is 15.4 Å². The number of aliphatic imine (C=N–C) groups is 1. The van der Waals surface area contributed by atoms with Gasteiger partial charge in [-0.3, -0.25) is 4.99 Å². The zero-order valence-corrected chi connectivity index (χ0v) is 19.2. The molecule has 0 spiro atoms. The van der Waals surface area contributed by atoms with Crippen LogP contribution in [0.25, 0.3) is 0 Å². The maximum atomic E-state index is 5.74. The zero-order chi connectivity index (χ0) is 18.4. The van der Waals surface area contributed by atoms with Crippen LogP contribution in [0.1, 0.15) is 48.9 Å². The Balaban J connectivity index is 0.00000261. The molecule has 0 amide bonds. The van der Waals surface area contributed by atoms with Gasteiger partial charge in [0.2, 0.25) is 5.88 Å². The number of hydrogen-bond donors (Lipinski definition) is 2. The molecule has 0 atom stereocenters. The molecule has 1 aliphatic carbocycles. The molecule has 2 N–H and O–H groups in total. The summed E-state index contributed by atoms with van der Waals surface area (Å²) < 4.78 is 5.74. The average Bonchev–Trinajstić information content (AvgIpc) is 3.36. The molecule has 2 aromatic heterocycles. The van der Waals surface area contributed by atoms with Crippen LogP contribution in [0.4, 0.5) is 0 Å². The number of pyridine rings is 1. The van der Waals surface area contributed by atoms with Gasteiger partial charge in [0.25, 0.3) is 0 Å². The van der Waals surface area contributed by atoms with Crippen molar-refractivity contribution >= 4 is 41.3 Å². The Bertz CT molecular complexity index is 745. The molecule has 1 saturated carbocycles. The molecule has 0 bridgehead atoms. The Labute approximate surface area is 182 Å². The van der Waals surface area contributed by atoms with Crippen molar-refractivity contribution < 1.29 is 4.74 Å². The highest BCUT2D eigenvalue weighted by Crippen LogP contribution is 2.29. The molecule has 2 heterocycles. The predicted octanol–water partition coefficient (Wildman–Crippen LogP) is 3.93. The second-order valence-corrected chi connectivity index (χ2v) is 7.80. The predicted molar refractivity (Wildman–Crippen MR) is 121 cm³/mol. The molecular weight excluding hydrogens is 473 g/mol. The first-order valence-corrected chi connectivity index (χ1v) is 9.98. The minimum absolute atomic E-state index is 0. The van der Waals surface area contributed by atoms with E-state index in [1.54, 1.807) is 24.6 Å². The number of thiazole rings is 1. The van der Waals surface area contributed by atoms with Gasteiger partial charge in [-0.1, -0.05) is 13.8 Å². The van der Waals surface area contributed by atoms with E-state index in [1.807, 2.05) is 12.1 Å². The second-order valence-electron chi connectivity index (χ2n) is 6.86. The molecule has 0 saturated heterocycles. The van der Waals surface area contributed by atoms with Crippen LogP contribution in [0.2, 0.25) is 0 Å². The fourth-order valence-corrected chi connectivity index (χ4v) is 3.26. The third-order valence-electron chi connectivity index (χ3n) is 4.21. The van der Waals surface area contributed by atoms with E-state index in [0.717, 1.165) is 34.7 Å². The van der Waals surface area contributed by atoms with E-state index in [0.29, 0.717) is 24.9 Å². The fourth-order valence-electron chi connectivity index (χ4n) is 2.36. The monoisotopic (exact) mass is 501 g/mol.